The van der Waals surface area contributed by atoms with Crippen LogP contribution in [0.5, 0.6) is 5.75 Å². The Hall–Kier alpha value is -1.71. The highest BCUT2D eigenvalue weighted by Crippen LogP contribution is 2.42. The van der Waals surface area contributed by atoms with Crippen LogP contribution in [-0.2, 0) is 6.42 Å². The Labute approximate surface area is 155 Å². The van der Waals surface area contributed by atoms with Gasteiger partial charge in [-0.25, -0.2) is 0 Å². The maximum atomic E-state index is 6.48. The fraction of sp³-hybridized carbons (Fsp3) is 0.143. The molecule has 0 saturated heterocycles. The highest BCUT2D eigenvalue weighted by Gasteiger charge is 2.23. The largest absolute Gasteiger partial charge is 0.485 e. The van der Waals surface area contributed by atoms with Gasteiger partial charge in [-0.15, -0.1) is 11.8 Å². The molecule has 0 saturated carbocycles. The molecule has 3 aromatic rings. The molecule has 1 aliphatic heterocycles. The van der Waals surface area contributed by atoms with Crippen LogP contribution in [0.2, 0.25) is 0 Å². The Morgan fingerprint density at radius 3 is 2.54 bits per heavy atom. The predicted octanol–water partition coefficient (Wildman–Crippen LogP) is 6.51. The van der Waals surface area contributed by atoms with Crippen LogP contribution in [0.15, 0.2) is 76.1 Å². The molecule has 0 fully saturated rings. The molecule has 4 rings (SSSR count). The van der Waals surface area contributed by atoms with Crippen molar-refractivity contribution in [3.63, 3.8) is 0 Å². The number of fused-ring (bicyclic) bond motifs is 3. The molecular formula is C21H17BrOS. The van der Waals surface area contributed by atoms with Crippen LogP contribution in [0.25, 0.3) is 11.1 Å². The van der Waals surface area contributed by atoms with E-state index in [1.165, 1.54) is 27.1 Å². The number of hydrogen-bond donors (Lipinski definition) is 0. The molecule has 1 heterocycles. The second-order valence-corrected chi connectivity index (χ2v) is 7.68. The Kier molecular flexibility index (Phi) is 4.38. The van der Waals surface area contributed by atoms with E-state index in [9.17, 15) is 0 Å². The minimum atomic E-state index is 0.0256. The zero-order chi connectivity index (χ0) is 16.5. The number of halogens is 1. The van der Waals surface area contributed by atoms with Crippen molar-refractivity contribution >= 4 is 27.7 Å². The first-order valence-corrected chi connectivity index (χ1v) is 9.95. The molecule has 0 bridgehead atoms. The van der Waals surface area contributed by atoms with E-state index < -0.39 is 0 Å². The Bertz CT molecular complexity index is 873. The maximum absolute atomic E-state index is 6.48. The highest BCUT2D eigenvalue weighted by molar-refractivity contribution is 9.10. The molecule has 3 aromatic carbocycles. The number of rotatable bonds is 2. The lowest BCUT2D eigenvalue weighted by Gasteiger charge is -2.18. The molecule has 24 heavy (non-hydrogen) atoms. The van der Waals surface area contributed by atoms with Gasteiger partial charge in [0.05, 0.1) is 0 Å². The fourth-order valence-electron chi connectivity index (χ4n) is 3.17. The van der Waals surface area contributed by atoms with Crippen molar-refractivity contribution in [2.45, 2.75) is 17.4 Å². The number of hydrogen-bond acceptors (Lipinski definition) is 2. The quantitative estimate of drug-likeness (QED) is 0.456. The van der Waals surface area contributed by atoms with Crippen molar-refractivity contribution in [3.05, 3.63) is 82.3 Å². The summed E-state index contributed by atoms with van der Waals surface area (Å²) in [6, 6.07) is 23.6. The third kappa shape index (κ3) is 2.99. The third-order valence-electron chi connectivity index (χ3n) is 4.41. The van der Waals surface area contributed by atoms with Crippen LogP contribution in [0.1, 0.15) is 17.2 Å². The number of ether oxygens (including phenoxy) is 1. The van der Waals surface area contributed by atoms with Gasteiger partial charge in [-0.1, -0.05) is 52.3 Å². The van der Waals surface area contributed by atoms with Gasteiger partial charge in [-0.3, -0.25) is 0 Å². The zero-order valence-electron chi connectivity index (χ0n) is 13.3. The molecule has 0 aromatic heterocycles. The van der Waals surface area contributed by atoms with Crippen molar-refractivity contribution in [3.8, 4) is 16.9 Å². The topological polar surface area (TPSA) is 9.23 Å². The minimum absolute atomic E-state index is 0.0256. The van der Waals surface area contributed by atoms with Crippen molar-refractivity contribution < 1.29 is 4.74 Å². The van der Waals surface area contributed by atoms with Crippen LogP contribution >= 0.6 is 27.7 Å². The normalized spacial score (nSPS) is 15.8. The molecule has 1 atom stereocenters. The molecule has 1 nitrogen and oxygen atoms in total. The van der Waals surface area contributed by atoms with Crippen molar-refractivity contribution in [1.82, 2.24) is 0 Å². The summed E-state index contributed by atoms with van der Waals surface area (Å²) >= 11 is 5.25. The summed E-state index contributed by atoms with van der Waals surface area (Å²) in [5, 5.41) is 0. The SMILES string of the molecule is CSc1ccc2c(c1)OC(c1ccc(Br)cc1)Cc1ccccc1-2. The van der Waals surface area contributed by atoms with Gasteiger partial charge in [0.1, 0.15) is 11.9 Å². The molecule has 1 unspecified atom stereocenters. The van der Waals surface area contributed by atoms with E-state index in [1.54, 1.807) is 11.8 Å². The van der Waals surface area contributed by atoms with E-state index in [1.807, 2.05) is 0 Å². The van der Waals surface area contributed by atoms with E-state index in [0.29, 0.717) is 0 Å². The van der Waals surface area contributed by atoms with Crippen LogP contribution in [0.3, 0.4) is 0 Å². The number of thioether (sulfide) groups is 1. The lowest BCUT2D eigenvalue weighted by atomic mass is 9.95. The average molecular weight is 397 g/mol. The molecular weight excluding hydrogens is 380 g/mol. The predicted molar refractivity (Wildman–Crippen MR) is 105 cm³/mol. The Morgan fingerprint density at radius 2 is 1.75 bits per heavy atom. The van der Waals surface area contributed by atoms with Crippen LogP contribution in [0, 0.1) is 0 Å². The smallest absolute Gasteiger partial charge is 0.129 e. The van der Waals surface area contributed by atoms with Gasteiger partial charge in [0.2, 0.25) is 0 Å². The summed E-state index contributed by atoms with van der Waals surface area (Å²) in [5.41, 5.74) is 5.00. The van der Waals surface area contributed by atoms with Crippen LogP contribution < -0.4 is 4.74 Å². The molecule has 0 amide bonds. The van der Waals surface area contributed by atoms with Crippen molar-refractivity contribution in [2.24, 2.45) is 0 Å². The first kappa shape index (κ1) is 15.8. The minimum Gasteiger partial charge on any atom is -0.485 e. The van der Waals surface area contributed by atoms with E-state index in [4.69, 9.17) is 4.74 Å². The van der Waals surface area contributed by atoms with Gasteiger partial charge in [-0.05, 0) is 53.3 Å². The molecule has 120 valence electrons. The highest BCUT2D eigenvalue weighted by atomic mass is 79.9. The van der Waals surface area contributed by atoms with Gasteiger partial charge in [0.25, 0.3) is 0 Å². The Morgan fingerprint density at radius 1 is 0.958 bits per heavy atom. The summed E-state index contributed by atoms with van der Waals surface area (Å²) in [7, 11) is 0. The van der Waals surface area contributed by atoms with Crippen molar-refractivity contribution in [2.75, 3.05) is 6.26 Å². The van der Waals surface area contributed by atoms with Crippen molar-refractivity contribution in [1.29, 1.82) is 0 Å². The standard InChI is InChI=1S/C21H17BrOS/c1-24-17-10-11-19-18-5-3-2-4-15(18)12-20(23-21(19)13-17)14-6-8-16(22)9-7-14/h2-11,13,20H,12H2,1H3. The van der Waals surface area contributed by atoms with Gasteiger partial charge in [-0.2, -0.15) is 0 Å². The first-order chi connectivity index (χ1) is 11.7. The van der Waals surface area contributed by atoms with Crippen LogP contribution in [-0.4, -0.2) is 6.26 Å². The molecule has 0 spiro atoms. The third-order valence-corrected chi connectivity index (χ3v) is 5.67. The molecule has 1 aliphatic rings. The summed E-state index contributed by atoms with van der Waals surface area (Å²) in [4.78, 5) is 1.22. The van der Waals surface area contributed by atoms with E-state index in [2.05, 4.69) is 88.9 Å². The van der Waals surface area contributed by atoms with E-state index in [0.717, 1.165) is 16.6 Å². The van der Waals surface area contributed by atoms with Crippen LogP contribution in [0.4, 0.5) is 0 Å². The Balaban J connectivity index is 1.85. The molecule has 0 N–H and O–H groups in total. The van der Waals surface area contributed by atoms with E-state index in [-0.39, 0.29) is 6.10 Å². The molecule has 3 heteroatoms. The monoisotopic (exact) mass is 396 g/mol. The maximum Gasteiger partial charge on any atom is 0.129 e. The molecule has 0 radical (unpaired) electrons. The summed E-state index contributed by atoms with van der Waals surface area (Å²) in [5.74, 6) is 0.972. The van der Waals surface area contributed by atoms with Gasteiger partial charge in [0.15, 0.2) is 0 Å². The lowest BCUT2D eigenvalue weighted by Crippen LogP contribution is -2.09. The van der Waals surface area contributed by atoms with E-state index >= 15 is 0 Å². The van der Waals surface area contributed by atoms with Gasteiger partial charge in [0, 0.05) is 21.4 Å². The zero-order valence-corrected chi connectivity index (χ0v) is 15.7. The molecule has 0 aliphatic carbocycles. The summed E-state index contributed by atoms with van der Waals surface area (Å²) < 4.78 is 7.57. The first-order valence-electron chi connectivity index (χ1n) is 7.93. The fourth-order valence-corrected chi connectivity index (χ4v) is 3.86. The summed E-state index contributed by atoms with van der Waals surface area (Å²) in [6.45, 7) is 0. The second kappa shape index (κ2) is 6.66. The number of benzene rings is 3. The average Bonchev–Trinajstić information content (AvgIpc) is 2.78. The second-order valence-electron chi connectivity index (χ2n) is 5.88. The van der Waals surface area contributed by atoms with Gasteiger partial charge >= 0.3 is 0 Å². The summed E-state index contributed by atoms with van der Waals surface area (Å²) in [6.07, 6.45) is 3.00. The lowest BCUT2D eigenvalue weighted by molar-refractivity contribution is 0.209. The van der Waals surface area contributed by atoms with Gasteiger partial charge < -0.3 is 4.74 Å².